The van der Waals surface area contributed by atoms with Crippen LogP contribution in [0.5, 0.6) is 0 Å². The zero-order chi connectivity index (χ0) is 30.5. The van der Waals surface area contributed by atoms with Gasteiger partial charge in [0.2, 0.25) is 0 Å². The zero-order valence-electron chi connectivity index (χ0n) is 27.0. The molecule has 2 aromatic heterocycles. The highest BCUT2D eigenvalue weighted by atomic mass is 16.2. The molecule has 2 amide bonds. The Morgan fingerprint density at radius 2 is 0.953 bits per heavy atom. The first-order valence-electron chi connectivity index (χ1n) is 16.2. The Bertz CT molecular complexity index is 1580. The number of rotatable bonds is 5. The van der Waals surface area contributed by atoms with Crippen LogP contribution >= 0.6 is 0 Å². The van der Waals surface area contributed by atoms with E-state index in [1.54, 1.807) is 0 Å². The second kappa shape index (κ2) is 9.73. The van der Waals surface area contributed by atoms with Crippen molar-refractivity contribution in [3.05, 3.63) is 78.7 Å². The van der Waals surface area contributed by atoms with E-state index in [-0.39, 0.29) is 23.1 Å². The maximum atomic E-state index is 12.4. The molecule has 4 fully saturated rings. The van der Waals surface area contributed by atoms with E-state index in [9.17, 15) is 9.59 Å². The molecule has 4 saturated carbocycles. The highest BCUT2D eigenvalue weighted by Gasteiger charge is 2.56. The normalized spacial score (nSPS) is 30.8. The average molecular weight is 579 g/mol. The smallest absolute Gasteiger partial charge is 0.251 e. The van der Waals surface area contributed by atoms with Gasteiger partial charge < -0.3 is 20.6 Å². The number of carbonyl (C=O) groups excluding carboxylic acids is 2. The molecule has 6 aliphatic rings. The largest absolute Gasteiger partial charge is 0.358 e. The molecule has 0 spiro atoms. The summed E-state index contributed by atoms with van der Waals surface area (Å²) >= 11 is 0. The monoisotopic (exact) mass is 578 g/mol. The van der Waals surface area contributed by atoms with Crippen molar-refractivity contribution in [1.82, 2.24) is 20.6 Å². The third-order valence-electron chi connectivity index (χ3n) is 12.2. The summed E-state index contributed by atoms with van der Waals surface area (Å²) in [7, 11) is 0. The Hall–Kier alpha value is -3.54. The van der Waals surface area contributed by atoms with Gasteiger partial charge in [0.05, 0.1) is 0 Å². The van der Waals surface area contributed by atoms with Gasteiger partial charge in [-0.25, -0.2) is 0 Å². The number of nitrogens with one attached hydrogen (secondary N) is 4. The van der Waals surface area contributed by atoms with Crippen molar-refractivity contribution in [3.8, 4) is 0 Å². The second-order valence-corrected chi connectivity index (χ2v) is 14.6. The van der Waals surface area contributed by atoms with Crippen LogP contribution in [0.15, 0.2) is 33.7 Å². The van der Waals surface area contributed by atoms with Gasteiger partial charge in [-0.15, -0.1) is 0 Å². The first-order chi connectivity index (χ1) is 20.4. The molecule has 4 bridgehead atoms. The number of H-pyrrole nitrogens is 2. The molecular weight excluding hydrogens is 532 g/mol. The van der Waals surface area contributed by atoms with Gasteiger partial charge in [-0.05, 0) is 163 Å². The first-order valence-corrected chi connectivity index (χ1v) is 16.2. The quantitative estimate of drug-likeness (QED) is 0.295. The van der Waals surface area contributed by atoms with Gasteiger partial charge in [0.1, 0.15) is 0 Å². The van der Waals surface area contributed by atoms with E-state index in [1.807, 2.05) is 27.7 Å². The van der Waals surface area contributed by atoms with Gasteiger partial charge in [-0.3, -0.25) is 9.59 Å². The van der Waals surface area contributed by atoms with Gasteiger partial charge in [-0.2, -0.15) is 0 Å². The molecule has 226 valence electrons. The van der Waals surface area contributed by atoms with Gasteiger partial charge >= 0.3 is 0 Å². The molecule has 2 aliphatic heterocycles. The molecule has 2 aromatic rings. The number of hydrogen-bond acceptors (Lipinski definition) is 2. The Kier molecular flexibility index (Phi) is 6.39. The van der Waals surface area contributed by atoms with Gasteiger partial charge in [0, 0.05) is 51.2 Å². The number of allylic oxidation sites excluding steroid dienone is 2. The maximum absolute atomic E-state index is 12.4. The van der Waals surface area contributed by atoms with Crippen LogP contribution in [0, 0.1) is 50.9 Å². The van der Waals surface area contributed by atoms with Gasteiger partial charge in [-0.1, -0.05) is 0 Å². The van der Waals surface area contributed by atoms with Gasteiger partial charge in [0.25, 0.3) is 11.8 Å². The molecule has 43 heavy (non-hydrogen) atoms. The summed E-state index contributed by atoms with van der Waals surface area (Å²) in [6.07, 6.45) is 12.4. The van der Waals surface area contributed by atoms with Crippen molar-refractivity contribution in [2.75, 3.05) is 0 Å². The van der Waals surface area contributed by atoms with Crippen molar-refractivity contribution < 1.29 is 9.59 Å². The SMILES string of the molecule is CC1=C(C)/C(=C\c2[nH]c(C(c3[nH]c(/C=C4/NC(=O)C(C)=C4C)c(C)c3C)C34CC5CC(CC(C5)C3)C4)c(C)c2C)NC1=O. The molecular formula is C37H46N4O2. The summed E-state index contributed by atoms with van der Waals surface area (Å²) in [6, 6.07) is 0. The van der Waals surface area contributed by atoms with Crippen molar-refractivity contribution in [1.29, 1.82) is 0 Å². The summed E-state index contributed by atoms with van der Waals surface area (Å²) in [6.45, 7) is 16.8. The minimum Gasteiger partial charge on any atom is -0.358 e. The lowest BCUT2D eigenvalue weighted by Crippen LogP contribution is -2.49. The molecule has 0 unspecified atom stereocenters. The minimum atomic E-state index is -0.00536. The van der Waals surface area contributed by atoms with Gasteiger partial charge in [0.15, 0.2) is 0 Å². The lowest BCUT2D eigenvalue weighted by molar-refractivity contribution is -0.117. The van der Waals surface area contributed by atoms with Crippen molar-refractivity contribution >= 4 is 24.0 Å². The molecule has 0 radical (unpaired) electrons. The van der Waals surface area contributed by atoms with E-state index >= 15 is 0 Å². The summed E-state index contributed by atoms with van der Waals surface area (Å²) < 4.78 is 0. The van der Waals surface area contributed by atoms with Crippen LogP contribution in [-0.2, 0) is 9.59 Å². The van der Waals surface area contributed by atoms with Crippen LogP contribution in [0.3, 0.4) is 0 Å². The first kappa shape index (κ1) is 28.2. The molecule has 4 N–H and O–H groups in total. The van der Waals surface area contributed by atoms with E-state index in [0.29, 0.717) is 0 Å². The Morgan fingerprint density at radius 3 is 1.28 bits per heavy atom. The summed E-state index contributed by atoms with van der Waals surface area (Å²) in [5, 5.41) is 6.15. The highest BCUT2D eigenvalue weighted by Crippen LogP contribution is 2.66. The molecule has 6 heteroatoms. The van der Waals surface area contributed by atoms with E-state index in [1.165, 1.54) is 72.2 Å². The van der Waals surface area contributed by atoms with Crippen LogP contribution < -0.4 is 10.6 Å². The van der Waals surface area contributed by atoms with Crippen LogP contribution in [0.1, 0.15) is 117 Å². The Morgan fingerprint density at radius 1 is 0.581 bits per heavy atom. The standard InChI is InChI=1S/C37H46N4O2/c1-17-21(5)33(38-28(17)12-30-19(3)23(7)35(42)40-30)32(37-14-25-9-26(15-37)11-27(10-25)16-37)34-22(6)18(2)29(39-34)13-31-20(4)24(8)36(43)41-31/h12-13,25-27,32,38-39H,9-11,14-16H2,1-8H3,(H,40,42)(H,41,43)/b30-12+,31-13+. The van der Waals surface area contributed by atoms with Crippen LogP contribution in [0.4, 0.5) is 0 Å². The molecule has 4 aliphatic carbocycles. The predicted molar refractivity (Wildman–Crippen MR) is 172 cm³/mol. The number of aromatic nitrogens is 2. The molecule has 0 saturated heterocycles. The zero-order valence-corrected chi connectivity index (χ0v) is 27.0. The van der Waals surface area contributed by atoms with Crippen LogP contribution in [-0.4, -0.2) is 21.8 Å². The van der Waals surface area contributed by atoms with Crippen molar-refractivity contribution in [2.45, 2.75) is 99.8 Å². The van der Waals surface area contributed by atoms with E-state index in [0.717, 1.165) is 62.8 Å². The number of carbonyl (C=O) groups is 2. The molecule has 6 nitrogen and oxygen atoms in total. The molecule has 0 atom stereocenters. The lowest BCUT2D eigenvalue weighted by Gasteiger charge is -2.59. The third kappa shape index (κ3) is 4.27. The third-order valence-corrected chi connectivity index (χ3v) is 12.2. The lowest BCUT2D eigenvalue weighted by atomic mass is 9.45. The van der Waals surface area contributed by atoms with Crippen molar-refractivity contribution in [2.24, 2.45) is 23.2 Å². The second-order valence-electron chi connectivity index (χ2n) is 14.6. The summed E-state index contributed by atoms with van der Waals surface area (Å²) in [4.78, 5) is 32.7. The molecule has 4 heterocycles. The molecule has 0 aromatic carbocycles. The minimum absolute atomic E-state index is 0.00536. The van der Waals surface area contributed by atoms with Crippen molar-refractivity contribution in [3.63, 3.8) is 0 Å². The average Bonchev–Trinajstić information content (AvgIpc) is 3.56. The number of amides is 2. The predicted octanol–water partition coefficient (Wildman–Crippen LogP) is 7.54. The Labute approximate surface area is 255 Å². The van der Waals surface area contributed by atoms with Crippen LogP contribution in [0.2, 0.25) is 0 Å². The fourth-order valence-electron chi connectivity index (χ4n) is 9.57. The fourth-order valence-corrected chi connectivity index (χ4v) is 9.57. The number of aromatic amines is 2. The Balaban J connectivity index is 1.38. The van der Waals surface area contributed by atoms with E-state index in [4.69, 9.17) is 0 Å². The fraction of sp³-hybridized carbons (Fsp3) is 0.514. The highest BCUT2D eigenvalue weighted by molar-refractivity contribution is 6.01. The summed E-state index contributed by atoms with van der Waals surface area (Å²) in [5.41, 5.74) is 15.5. The number of hydrogen-bond donors (Lipinski definition) is 4. The van der Waals surface area contributed by atoms with E-state index in [2.05, 4.69) is 60.4 Å². The molecule has 8 rings (SSSR count). The maximum Gasteiger partial charge on any atom is 0.251 e. The summed E-state index contributed by atoms with van der Waals surface area (Å²) in [5.74, 6) is 2.71. The topological polar surface area (TPSA) is 89.8 Å². The van der Waals surface area contributed by atoms with Crippen LogP contribution in [0.25, 0.3) is 12.2 Å². The van der Waals surface area contributed by atoms with E-state index < -0.39 is 0 Å².